The second kappa shape index (κ2) is 12.8. The van der Waals surface area contributed by atoms with E-state index < -0.39 is 0 Å². The number of nitrogens with one attached hydrogen (secondary N) is 2. The lowest BCUT2D eigenvalue weighted by Gasteiger charge is -2.18. The number of isocyanates is 2. The second-order valence-electron chi connectivity index (χ2n) is 4.70. The predicted octanol–water partition coefficient (Wildman–Crippen LogP) is 3.27. The van der Waals surface area contributed by atoms with Crippen LogP contribution in [0.5, 0.6) is 0 Å². The summed E-state index contributed by atoms with van der Waals surface area (Å²) in [6.07, 6.45) is 4.22. The van der Waals surface area contributed by atoms with Gasteiger partial charge in [-0.25, -0.2) is 20.4 Å². The van der Waals surface area contributed by atoms with Crippen LogP contribution in [0.4, 0.5) is 0 Å². The van der Waals surface area contributed by atoms with Gasteiger partial charge in [0.05, 0.1) is 0 Å². The van der Waals surface area contributed by atoms with Gasteiger partial charge in [-0.3, -0.25) is 0 Å². The van der Waals surface area contributed by atoms with Gasteiger partial charge in [0.2, 0.25) is 12.2 Å². The van der Waals surface area contributed by atoms with E-state index >= 15 is 0 Å². The summed E-state index contributed by atoms with van der Waals surface area (Å²) in [6.45, 7) is 11.5. The summed E-state index contributed by atoms with van der Waals surface area (Å²) < 4.78 is 0. The minimum Gasteiger partial charge on any atom is -0.222 e. The largest absolute Gasteiger partial charge is 0.231 e. The molecule has 0 aliphatic carbocycles. The zero-order valence-corrected chi connectivity index (χ0v) is 10.3. The quantitative estimate of drug-likeness (QED) is 0.546. The summed E-state index contributed by atoms with van der Waals surface area (Å²) in [7, 11) is 0. The maximum absolute atomic E-state index is 8.35. The third kappa shape index (κ3) is 65.2. The van der Waals surface area contributed by atoms with E-state index in [0.717, 1.165) is 18.1 Å². The highest BCUT2D eigenvalue weighted by Gasteiger charge is 2.09. The van der Waals surface area contributed by atoms with Gasteiger partial charge in [0.25, 0.3) is 0 Å². The van der Waals surface area contributed by atoms with Gasteiger partial charge in [-0.1, -0.05) is 41.0 Å². The van der Waals surface area contributed by atoms with E-state index in [4.69, 9.17) is 20.4 Å². The third-order valence-corrected chi connectivity index (χ3v) is 1.47. The van der Waals surface area contributed by atoms with Gasteiger partial charge < -0.3 is 0 Å². The summed E-state index contributed by atoms with van der Waals surface area (Å²) >= 11 is 0. The van der Waals surface area contributed by atoms with Crippen molar-refractivity contribution in [2.24, 2.45) is 11.3 Å². The summed E-state index contributed by atoms with van der Waals surface area (Å²) in [5.74, 6) is 0.865. The molecule has 0 unspecified atom stereocenters. The van der Waals surface area contributed by atoms with Gasteiger partial charge in [0.1, 0.15) is 0 Å². The highest BCUT2D eigenvalue weighted by Crippen LogP contribution is 2.22. The van der Waals surface area contributed by atoms with Crippen molar-refractivity contribution >= 4 is 12.2 Å². The smallest absolute Gasteiger partial charge is 0.222 e. The Morgan fingerprint density at radius 1 is 1.07 bits per heavy atom. The van der Waals surface area contributed by atoms with Gasteiger partial charge >= 0.3 is 0 Å². The highest BCUT2D eigenvalue weighted by atomic mass is 16.1. The lowest BCUT2D eigenvalue weighted by Crippen LogP contribution is -2.05. The lowest BCUT2D eigenvalue weighted by molar-refractivity contribution is 0.338. The number of carbonyl (C=O) groups excluding carboxylic acids is 2. The summed E-state index contributed by atoms with van der Waals surface area (Å²) in [4.78, 5) is 16.7. The standard InChI is InChI=1S/C9H20.2CHNO/c1-8(2)6-7-9(3,4)5;2*2-1-3/h8H,6-7H2,1-5H3;2*2H. The molecule has 4 nitrogen and oxygen atoms in total. The Morgan fingerprint density at radius 2 is 1.33 bits per heavy atom. The van der Waals surface area contributed by atoms with E-state index in [9.17, 15) is 0 Å². The van der Waals surface area contributed by atoms with Gasteiger partial charge in [0.15, 0.2) is 0 Å². The maximum Gasteiger partial charge on any atom is 0.231 e. The van der Waals surface area contributed by atoms with Crippen molar-refractivity contribution in [3.63, 3.8) is 0 Å². The summed E-state index contributed by atoms with van der Waals surface area (Å²) in [6, 6.07) is 0. The van der Waals surface area contributed by atoms with Crippen molar-refractivity contribution in [3.8, 4) is 0 Å². The molecule has 4 heteroatoms. The van der Waals surface area contributed by atoms with E-state index in [1.807, 2.05) is 0 Å². The molecule has 0 bridgehead atoms. The molecule has 0 aliphatic rings. The van der Waals surface area contributed by atoms with Crippen molar-refractivity contribution in [2.45, 2.75) is 47.5 Å². The predicted molar refractivity (Wildman–Crippen MR) is 60.4 cm³/mol. The van der Waals surface area contributed by atoms with Gasteiger partial charge in [0, 0.05) is 0 Å². The van der Waals surface area contributed by atoms with Crippen LogP contribution in [0.2, 0.25) is 0 Å². The molecule has 15 heavy (non-hydrogen) atoms. The van der Waals surface area contributed by atoms with Crippen LogP contribution in [-0.2, 0) is 9.59 Å². The fourth-order valence-electron chi connectivity index (χ4n) is 0.722. The first-order valence-corrected chi connectivity index (χ1v) is 4.82. The van der Waals surface area contributed by atoms with Gasteiger partial charge in [-0.05, 0) is 17.8 Å². The van der Waals surface area contributed by atoms with Crippen LogP contribution in [0, 0.1) is 22.2 Å². The van der Waals surface area contributed by atoms with E-state index in [2.05, 4.69) is 34.6 Å². The number of hydrogen-bond donors (Lipinski definition) is 2. The van der Waals surface area contributed by atoms with Crippen LogP contribution >= 0.6 is 0 Å². The SMILES string of the molecule is CC(C)CCC(C)(C)C.N=C=O.N=C=O. The normalized spacial score (nSPS) is 8.67. The molecule has 2 N–H and O–H groups in total. The average Bonchev–Trinajstić information content (AvgIpc) is 2.02. The molecule has 88 valence electrons. The number of hydrogen-bond acceptors (Lipinski definition) is 4. The van der Waals surface area contributed by atoms with Crippen LogP contribution in [0.25, 0.3) is 0 Å². The van der Waals surface area contributed by atoms with E-state index in [1.165, 1.54) is 12.8 Å². The first kappa shape index (κ1) is 19.4. The molecule has 0 spiro atoms. The summed E-state index contributed by atoms with van der Waals surface area (Å²) in [5.41, 5.74) is 0.532. The van der Waals surface area contributed by atoms with E-state index in [-0.39, 0.29) is 0 Å². The molecule has 0 saturated heterocycles. The van der Waals surface area contributed by atoms with Crippen molar-refractivity contribution in [3.05, 3.63) is 0 Å². The summed E-state index contributed by atoms with van der Waals surface area (Å²) in [5, 5.41) is 10.8. The third-order valence-electron chi connectivity index (χ3n) is 1.47. The van der Waals surface area contributed by atoms with E-state index in [0.29, 0.717) is 5.41 Å². The first-order valence-electron chi connectivity index (χ1n) is 4.82. The van der Waals surface area contributed by atoms with Gasteiger partial charge in [-0.15, -0.1) is 0 Å². The molecule has 0 atom stereocenters. The average molecular weight is 214 g/mol. The molecular formula is C11H22N2O2. The minimum absolute atomic E-state index is 0.532. The highest BCUT2D eigenvalue weighted by molar-refractivity contribution is 5.26. The minimum atomic E-state index is 0.532. The number of rotatable bonds is 2. The molecule has 0 aromatic heterocycles. The molecule has 0 aliphatic heterocycles. The molecule has 0 heterocycles. The molecule has 0 fully saturated rings. The fraction of sp³-hybridized carbons (Fsp3) is 0.818. The van der Waals surface area contributed by atoms with Gasteiger partial charge in [-0.2, -0.15) is 0 Å². The van der Waals surface area contributed by atoms with Crippen molar-refractivity contribution in [1.82, 2.24) is 0 Å². The van der Waals surface area contributed by atoms with Crippen molar-refractivity contribution in [1.29, 1.82) is 10.8 Å². The second-order valence-corrected chi connectivity index (χ2v) is 4.70. The molecule has 0 aromatic rings. The van der Waals surface area contributed by atoms with Crippen LogP contribution < -0.4 is 0 Å². The monoisotopic (exact) mass is 214 g/mol. The van der Waals surface area contributed by atoms with Crippen LogP contribution in [0.3, 0.4) is 0 Å². The Balaban J connectivity index is -0.000000200. The van der Waals surface area contributed by atoms with Crippen molar-refractivity contribution in [2.75, 3.05) is 0 Å². The Bertz CT molecular complexity index is 181. The molecular weight excluding hydrogens is 192 g/mol. The Kier molecular flexibility index (Phi) is 16.5. The topological polar surface area (TPSA) is 81.8 Å². The lowest BCUT2D eigenvalue weighted by atomic mass is 9.88. The maximum atomic E-state index is 8.35. The Labute approximate surface area is 92.1 Å². The van der Waals surface area contributed by atoms with Crippen LogP contribution in [0.15, 0.2) is 0 Å². The molecule has 0 aromatic carbocycles. The van der Waals surface area contributed by atoms with Crippen molar-refractivity contribution < 1.29 is 9.59 Å². The first-order chi connectivity index (χ1) is 6.74. The van der Waals surface area contributed by atoms with Crippen LogP contribution in [-0.4, -0.2) is 12.2 Å². The molecule has 0 saturated carbocycles. The van der Waals surface area contributed by atoms with Crippen LogP contribution in [0.1, 0.15) is 47.5 Å². The molecule has 0 rings (SSSR count). The molecule has 0 radical (unpaired) electrons. The fourth-order valence-corrected chi connectivity index (χ4v) is 0.722. The zero-order valence-electron chi connectivity index (χ0n) is 10.3. The zero-order chi connectivity index (χ0) is 12.9. The molecule has 0 amide bonds. The Hall–Kier alpha value is -1.24. The van der Waals surface area contributed by atoms with E-state index in [1.54, 1.807) is 0 Å². The Morgan fingerprint density at radius 3 is 1.40 bits per heavy atom.